The number of benzene rings is 1. The van der Waals surface area contributed by atoms with Crippen LogP contribution in [-0.2, 0) is 10.2 Å². The monoisotopic (exact) mass is 329 g/mol. The third kappa shape index (κ3) is 4.00. The van der Waals surface area contributed by atoms with E-state index in [0.29, 0.717) is 18.3 Å². The van der Waals surface area contributed by atoms with Crippen molar-refractivity contribution in [3.63, 3.8) is 0 Å². The second kappa shape index (κ2) is 7.42. The second-order valence-corrected chi connectivity index (χ2v) is 7.97. The second-order valence-electron chi connectivity index (χ2n) is 7.97. The van der Waals surface area contributed by atoms with E-state index in [4.69, 9.17) is 0 Å². The minimum Gasteiger partial charge on any atom is -0.480 e. The van der Waals surface area contributed by atoms with E-state index in [2.05, 4.69) is 32.6 Å². The number of rotatable bonds is 6. The van der Waals surface area contributed by atoms with E-state index in [0.717, 1.165) is 30.6 Å². The van der Waals surface area contributed by atoms with Crippen LogP contribution in [0.4, 0.5) is 0 Å². The van der Waals surface area contributed by atoms with Gasteiger partial charge in [-0.25, -0.2) is 0 Å². The van der Waals surface area contributed by atoms with Crippen molar-refractivity contribution in [3.8, 4) is 0 Å². The van der Waals surface area contributed by atoms with E-state index in [1.54, 1.807) is 0 Å². The SMILES string of the molecule is Cc1ccc(C2(C(=O)O)C=C(CC(C)C)N(CC(C)C)CC2)cc1. The normalized spacial score (nSPS) is 21.3. The summed E-state index contributed by atoms with van der Waals surface area (Å²) in [6.45, 7) is 12.6. The van der Waals surface area contributed by atoms with Crippen molar-refractivity contribution in [2.75, 3.05) is 13.1 Å². The fraction of sp³-hybridized carbons (Fsp3) is 0.571. The predicted molar refractivity (Wildman–Crippen MR) is 99.1 cm³/mol. The summed E-state index contributed by atoms with van der Waals surface area (Å²) in [6, 6.07) is 7.98. The van der Waals surface area contributed by atoms with Crippen molar-refractivity contribution >= 4 is 5.97 Å². The molecule has 3 heteroatoms. The Morgan fingerprint density at radius 2 is 1.79 bits per heavy atom. The average molecular weight is 329 g/mol. The highest BCUT2D eigenvalue weighted by Crippen LogP contribution is 2.38. The van der Waals surface area contributed by atoms with Crippen molar-refractivity contribution in [3.05, 3.63) is 47.2 Å². The summed E-state index contributed by atoms with van der Waals surface area (Å²) in [5.41, 5.74) is 2.34. The summed E-state index contributed by atoms with van der Waals surface area (Å²) in [5, 5.41) is 10.1. The Bertz CT molecular complexity index is 601. The maximum absolute atomic E-state index is 12.3. The van der Waals surface area contributed by atoms with Crippen LogP contribution >= 0.6 is 0 Å². The van der Waals surface area contributed by atoms with E-state index in [1.165, 1.54) is 5.70 Å². The molecular formula is C21H31NO2. The first kappa shape index (κ1) is 18.6. The van der Waals surface area contributed by atoms with Crippen LogP contribution in [0.25, 0.3) is 0 Å². The van der Waals surface area contributed by atoms with E-state index in [9.17, 15) is 9.90 Å². The molecule has 2 rings (SSSR count). The molecule has 1 atom stereocenters. The molecule has 1 aromatic carbocycles. The van der Waals surface area contributed by atoms with Gasteiger partial charge in [0.05, 0.1) is 0 Å². The van der Waals surface area contributed by atoms with Gasteiger partial charge in [-0.15, -0.1) is 0 Å². The van der Waals surface area contributed by atoms with Gasteiger partial charge in [-0.1, -0.05) is 57.5 Å². The number of allylic oxidation sites excluding steroid dienone is 1. The van der Waals surface area contributed by atoms with Crippen LogP contribution in [-0.4, -0.2) is 29.1 Å². The van der Waals surface area contributed by atoms with Crippen LogP contribution in [0.15, 0.2) is 36.0 Å². The Kier molecular flexibility index (Phi) is 5.74. The quantitative estimate of drug-likeness (QED) is 0.828. The molecule has 0 spiro atoms. The summed E-state index contributed by atoms with van der Waals surface area (Å²) in [5.74, 6) is 0.336. The van der Waals surface area contributed by atoms with Gasteiger partial charge >= 0.3 is 5.97 Å². The molecule has 0 bridgehead atoms. The molecule has 1 aromatic rings. The average Bonchev–Trinajstić information content (AvgIpc) is 2.48. The lowest BCUT2D eigenvalue weighted by Gasteiger charge is -2.40. The first-order chi connectivity index (χ1) is 11.2. The van der Waals surface area contributed by atoms with Crippen LogP contribution in [0.1, 0.15) is 51.7 Å². The number of carbonyl (C=O) groups is 1. The number of carboxylic acids is 1. The van der Waals surface area contributed by atoms with Crippen LogP contribution in [0, 0.1) is 18.8 Å². The molecular weight excluding hydrogens is 298 g/mol. The molecule has 0 amide bonds. The highest BCUT2D eigenvalue weighted by atomic mass is 16.4. The van der Waals surface area contributed by atoms with Gasteiger partial charge in [-0.05, 0) is 43.2 Å². The minimum absolute atomic E-state index is 0.508. The lowest BCUT2D eigenvalue weighted by Crippen LogP contribution is -2.44. The maximum atomic E-state index is 12.3. The van der Waals surface area contributed by atoms with Crippen LogP contribution in [0.3, 0.4) is 0 Å². The molecule has 132 valence electrons. The van der Waals surface area contributed by atoms with Gasteiger partial charge in [-0.3, -0.25) is 4.79 Å². The highest BCUT2D eigenvalue weighted by Gasteiger charge is 2.42. The highest BCUT2D eigenvalue weighted by molar-refractivity contribution is 5.84. The summed E-state index contributed by atoms with van der Waals surface area (Å²) in [6.07, 6.45) is 3.58. The van der Waals surface area contributed by atoms with E-state index < -0.39 is 11.4 Å². The van der Waals surface area contributed by atoms with Crippen LogP contribution in [0.5, 0.6) is 0 Å². The number of hydrogen-bond donors (Lipinski definition) is 1. The largest absolute Gasteiger partial charge is 0.480 e. The molecule has 0 aliphatic carbocycles. The molecule has 1 aliphatic rings. The van der Waals surface area contributed by atoms with Crippen LogP contribution < -0.4 is 0 Å². The van der Waals surface area contributed by atoms with Gasteiger partial charge < -0.3 is 10.0 Å². The standard InChI is InChI=1S/C21H31NO2/c1-15(2)12-19-13-21(20(23)24,10-11-22(19)14-16(3)4)18-8-6-17(5)7-9-18/h6-9,13,15-16H,10-12,14H2,1-5H3,(H,23,24). The van der Waals surface area contributed by atoms with Gasteiger partial charge in [-0.2, -0.15) is 0 Å². The minimum atomic E-state index is -0.897. The van der Waals surface area contributed by atoms with E-state index in [1.807, 2.05) is 37.3 Å². The van der Waals surface area contributed by atoms with E-state index in [-0.39, 0.29) is 0 Å². The zero-order valence-electron chi connectivity index (χ0n) is 15.7. The van der Waals surface area contributed by atoms with Crippen molar-refractivity contribution < 1.29 is 9.90 Å². The van der Waals surface area contributed by atoms with Gasteiger partial charge in [0, 0.05) is 18.8 Å². The molecule has 1 aliphatic heterocycles. The Labute approximate surface area is 146 Å². The van der Waals surface area contributed by atoms with Gasteiger partial charge in [0.15, 0.2) is 0 Å². The Hall–Kier alpha value is -1.77. The third-order valence-corrected chi connectivity index (χ3v) is 4.75. The molecule has 1 N–H and O–H groups in total. The predicted octanol–water partition coefficient (Wildman–Crippen LogP) is 4.61. The Morgan fingerprint density at radius 1 is 1.17 bits per heavy atom. The number of aryl methyl sites for hydroxylation is 1. The number of nitrogens with zero attached hydrogens (tertiary/aromatic N) is 1. The molecule has 0 saturated carbocycles. The lowest BCUT2D eigenvalue weighted by molar-refractivity contribution is -0.142. The third-order valence-electron chi connectivity index (χ3n) is 4.75. The summed E-state index contributed by atoms with van der Waals surface area (Å²) in [7, 11) is 0. The molecule has 1 heterocycles. The molecule has 1 unspecified atom stereocenters. The van der Waals surface area contributed by atoms with Gasteiger partial charge in [0.2, 0.25) is 0 Å². The first-order valence-electron chi connectivity index (χ1n) is 9.02. The number of carboxylic acid groups (broad SMARTS) is 1. The summed E-state index contributed by atoms with van der Waals surface area (Å²) < 4.78 is 0. The Balaban J connectivity index is 2.47. The van der Waals surface area contributed by atoms with E-state index >= 15 is 0 Å². The fourth-order valence-corrected chi connectivity index (χ4v) is 3.53. The number of hydrogen-bond acceptors (Lipinski definition) is 2. The van der Waals surface area contributed by atoms with Crippen molar-refractivity contribution in [2.24, 2.45) is 11.8 Å². The molecule has 0 fully saturated rings. The first-order valence-corrected chi connectivity index (χ1v) is 9.02. The van der Waals surface area contributed by atoms with Gasteiger partial charge in [0.1, 0.15) is 5.41 Å². The molecule has 0 radical (unpaired) electrons. The molecule has 0 aromatic heterocycles. The molecule has 3 nitrogen and oxygen atoms in total. The zero-order valence-corrected chi connectivity index (χ0v) is 15.7. The molecule has 0 saturated heterocycles. The fourth-order valence-electron chi connectivity index (χ4n) is 3.53. The van der Waals surface area contributed by atoms with Crippen molar-refractivity contribution in [2.45, 2.75) is 52.9 Å². The summed E-state index contributed by atoms with van der Waals surface area (Å²) >= 11 is 0. The smallest absolute Gasteiger partial charge is 0.318 e. The number of aliphatic carboxylic acids is 1. The molecule has 24 heavy (non-hydrogen) atoms. The van der Waals surface area contributed by atoms with Crippen molar-refractivity contribution in [1.82, 2.24) is 4.90 Å². The Morgan fingerprint density at radius 3 is 2.29 bits per heavy atom. The maximum Gasteiger partial charge on any atom is 0.318 e. The lowest BCUT2D eigenvalue weighted by atomic mass is 9.74. The summed E-state index contributed by atoms with van der Waals surface area (Å²) in [4.78, 5) is 14.6. The van der Waals surface area contributed by atoms with Crippen molar-refractivity contribution in [1.29, 1.82) is 0 Å². The van der Waals surface area contributed by atoms with Gasteiger partial charge in [0.25, 0.3) is 0 Å². The van der Waals surface area contributed by atoms with Crippen LogP contribution in [0.2, 0.25) is 0 Å². The topological polar surface area (TPSA) is 40.5 Å². The zero-order chi connectivity index (χ0) is 17.9.